The molecule has 2 aromatic rings. The van der Waals surface area contributed by atoms with Crippen molar-refractivity contribution in [2.24, 2.45) is 13.0 Å². The van der Waals surface area contributed by atoms with E-state index in [-0.39, 0.29) is 17.5 Å². The normalized spacial score (nSPS) is 20.8. The van der Waals surface area contributed by atoms with Gasteiger partial charge in [-0.05, 0) is 44.2 Å². The Balaban J connectivity index is 1.50. The van der Waals surface area contributed by atoms with Crippen LogP contribution in [0.15, 0.2) is 47.3 Å². The summed E-state index contributed by atoms with van der Waals surface area (Å²) < 4.78 is 3.13. The molecule has 1 aliphatic heterocycles. The van der Waals surface area contributed by atoms with Gasteiger partial charge < -0.3 is 4.90 Å². The second-order valence-corrected chi connectivity index (χ2v) is 7.52. The number of benzene rings is 1. The largest absolute Gasteiger partial charge is 0.350 e. The molecule has 2 heterocycles. The third kappa shape index (κ3) is 3.48. The van der Waals surface area contributed by atoms with Gasteiger partial charge in [0.2, 0.25) is 5.91 Å². The zero-order valence-electron chi connectivity index (χ0n) is 15.8. The number of amides is 1. The van der Waals surface area contributed by atoms with E-state index in [1.54, 1.807) is 11.6 Å². The molecule has 0 unspecified atom stereocenters. The van der Waals surface area contributed by atoms with E-state index in [1.807, 2.05) is 35.2 Å². The topological polar surface area (TPSA) is 60.1 Å². The first-order chi connectivity index (χ1) is 13.1. The van der Waals surface area contributed by atoms with Crippen molar-refractivity contribution >= 4 is 5.91 Å². The Bertz CT molecular complexity index is 889. The fourth-order valence-corrected chi connectivity index (χ4v) is 4.20. The number of hydrogen-bond donors (Lipinski definition) is 0. The first-order valence-electron chi connectivity index (χ1n) is 9.80. The number of rotatable bonds is 3. The fourth-order valence-electron chi connectivity index (χ4n) is 4.20. The molecule has 6 nitrogen and oxygen atoms in total. The van der Waals surface area contributed by atoms with Gasteiger partial charge in [0, 0.05) is 32.0 Å². The lowest BCUT2D eigenvalue weighted by atomic mass is 9.90. The number of carbonyl (C=O) groups is 1. The lowest BCUT2D eigenvalue weighted by molar-refractivity contribution is -0.136. The monoisotopic (exact) mass is 366 g/mol. The highest BCUT2D eigenvalue weighted by molar-refractivity contribution is 5.79. The minimum atomic E-state index is -0.122. The molecule has 0 bridgehead atoms. The molecule has 0 radical (unpaired) electrons. The van der Waals surface area contributed by atoms with E-state index >= 15 is 0 Å². The first-order valence-corrected chi connectivity index (χ1v) is 9.80. The van der Waals surface area contributed by atoms with Crippen LogP contribution in [0.3, 0.4) is 0 Å². The molecule has 1 aromatic heterocycles. The van der Waals surface area contributed by atoms with Gasteiger partial charge in [-0.1, -0.05) is 30.4 Å². The molecular weight excluding hydrogens is 340 g/mol. The van der Waals surface area contributed by atoms with Crippen LogP contribution in [0.5, 0.6) is 0 Å². The molecule has 1 saturated heterocycles. The maximum absolute atomic E-state index is 12.8. The molecule has 1 aliphatic carbocycles. The van der Waals surface area contributed by atoms with Crippen molar-refractivity contribution < 1.29 is 4.79 Å². The number of carbonyl (C=O) groups excluding carboxylic acids is 1. The van der Waals surface area contributed by atoms with E-state index < -0.39 is 0 Å². The quantitative estimate of drug-likeness (QED) is 0.785. The maximum Gasteiger partial charge on any atom is 0.350 e. The number of likely N-dealkylation sites (tertiary alicyclic amines) is 1. The number of aryl methyl sites for hydroxylation is 1. The Labute approximate surface area is 159 Å². The van der Waals surface area contributed by atoms with Gasteiger partial charge >= 0.3 is 5.69 Å². The van der Waals surface area contributed by atoms with Gasteiger partial charge in [0.15, 0.2) is 0 Å². The van der Waals surface area contributed by atoms with E-state index in [4.69, 9.17) is 0 Å². The average molecular weight is 366 g/mol. The van der Waals surface area contributed by atoms with Crippen LogP contribution < -0.4 is 5.69 Å². The van der Waals surface area contributed by atoms with Crippen LogP contribution in [0, 0.1) is 5.92 Å². The molecule has 6 heteroatoms. The predicted molar refractivity (Wildman–Crippen MR) is 104 cm³/mol. The average Bonchev–Trinajstić information content (AvgIpc) is 3.03. The molecule has 0 N–H and O–H groups in total. The third-order valence-corrected chi connectivity index (χ3v) is 5.75. The summed E-state index contributed by atoms with van der Waals surface area (Å²) in [6.45, 7) is 1.48. The molecule has 0 saturated carbocycles. The Kier molecular flexibility index (Phi) is 4.97. The molecule has 2 aliphatic rings. The summed E-state index contributed by atoms with van der Waals surface area (Å²) in [5.74, 6) is 1.43. The molecule has 1 atom stereocenters. The molecule has 1 amide bonds. The van der Waals surface area contributed by atoms with E-state index in [1.165, 1.54) is 4.68 Å². The maximum atomic E-state index is 12.8. The van der Waals surface area contributed by atoms with Crippen molar-refractivity contribution in [3.8, 4) is 5.69 Å². The molecule has 1 fully saturated rings. The fraction of sp³-hybridized carbons (Fsp3) is 0.476. The van der Waals surface area contributed by atoms with Gasteiger partial charge in [-0.3, -0.25) is 4.79 Å². The summed E-state index contributed by atoms with van der Waals surface area (Å²) in [4.78, 5) is 27.4. The second kappa shape index (κ2) is 7.55. The summed E-state index contributed by atoms with van der Waals surface area (Å²) >= 11 is 0. The Hall–Kier alpha value is -2.63. The van der Waals surface area contributed by atoms with Crippen molar-refractivity contribution in [3.05, 3.63) is 58.8 Å². The third-order valence-electron chi connectivity index (χ3n) is 5.75. The molecular formula is C21H26N4O2. The highest BCUT2D eigenvalue weighted by Gasteiger charge is 2.31. The van der Waals surface area contributed by atoms with Crippen LogP contribution in [0.1, 0.15) is 43.8 Å². The Morgan fingerprint density at radius 3 is 2.48 bits per heavy atom. The van der Waals surface area contributed by atoms with Crippen LogP contribution in [0.2, 0.25) is 0 Å². The van der Waals surface area contributed by atoms with E-state index in [0.29, 0.717) is 5.91 Å². The number of allylic oxidation sites excluding steroid dienone is 2. The number of para-hydroxylation sites is 1. The van der Waals surface area contributed by atoms with Gasteiger partial charge in [-0.25, -0.2) is 14.0 Å². The second-order valence-electron chi connectivity index (χ2n) is 7.52. The van der Waals surface area contributed by atoms with Crippen molar-refractivity contribution in [3.63, 3.8) is 0 Å². The summed E-state index contributed by atoms with van der Waals surface area (Å²) in [5.41, 5.74) is 0.724. The standard InChI is InChI=1S/C21H26N4O2/c1-23-21(27)25(18-10-6-3-7-11-18)19(22-23)16-12-14-24(15-13-16)20(26)17-8-4-2-5-9-17/h2-4,6-7,10-11,16-17H,5,8-9,12-15H2,1H3/t17-/m0/s1. The summed E-state index contributed by atoms with van der Waals surface area (Å²) in [6.07, 6.45) is 8.82. The van der Waals surface area contributed by atoms with Crippen molar-refractivity contribution in [1.82, 2.24) is 19.2 Å². The van der Waals surface area contributed by atoms with Gasteiger partial charge in [0.05, 0.1) is 5.69 Å². The highest BCUT2D eigenvalue weighted by atomic mass is 16.2. The zero-order chi connectivity index (χ0) is 18.8. The Morgan fingerprint density at radius 2 is 1.81 bits per heavy atom. The van der Waals surface area contributed by atoms with Crippen LogP contribution in [-0.2, 0) is 11.8 Å². The molecule has 142 valence electrons. The van der Waals surface area contributed by atoms with Gasteiger partial charge in [-0.2, -0.15) is 5.10 Å². The number of hydrogen-bond acceptors (Lipinski definition) is 3. The molecule has 1 aromatic carbocycles. The van der Waals surface area contributed by atoms with Crippen LogP contribution in [0.25, 0.3) is 5.69 Å². The SMILES string of the molecule is Cn1nc(C2CCN(C(=O)[C@H]3CC=CCC3)CC2)n(-c2ccccc2)c1=O. The molecule has 0 spiro atoms. The smallest absolute Gasteiger partial charge is 0.342 e. The van der Waals surface area contributed by atoms with Gasteiger partial charge in [-0.15, -0.1) is 0 Å². The number of piperidine rings is 1. The number of nitrogens with zero attached hydrogens (tertiary/aromatic N) is 4. The minimum absolute atomic E-state index is 0.122. The highest BCUT2D eigenvalue weighted by Crippen LogP contribution is 2.29. The van der Waals surface area contributed by atoms with Crippen molar-refractivity contribution in [2.45, 2.75) is 38.0 Å². The summed E-state index contributed by atoms with van der Waals surface area (Å²) in [6, 6.07) is 9.66. The van der Waals surface area contributed by atoms with E-state index in [2.05, 4.69) is 17.3 Å². The van der Waals surface area contributed by atoms with Crippen molar-refractivity contribution in [2.75, 3.05) is 13.1 Å². The minimum Gasteiger partial charge on any atom is -0.342 e. The van der Waals surface area contributed by atoms with Crippen molar-refractivity contribution in [1.29, 1.82) is 0 Å². The lowest BCUT2D eigenvalue weighted by Crippen LogP contribution is -2.42. The Morgan fingerprint density at radius 1 is 1.07 bits per heavy atom. The van der Waals surface area contributed by atoms with E-state index in [9.17, 15) is 9.59 Å². The van der Waals surface area contributed by atoms with E-state index in [0.717, 1.165) is 56.7 Å². The first kappa shape index (κ1) is 17.8. The lowest BCUT2D eigenvalue weighted by Gasteiger charge is -2.34. The molecule has 4 rings (SSSR count). The summed E-state index contributed by atoms with van der Waals surface area (Å²) in [5, 5.41) is 4.52. The predicted octanol–water partition coefficient (Wildman–Crippen LogP) is 2.63. The van der Waals surface area contributed by atoms with Crippen LogP contribution in [-0.4, -0.2) is 38.2 Å². The van der Waals surface area contributed by atoms with Crippen LogP contribution in [0.4, 0.5) is 0 Å². The van der Waals surface area contributed by atoms with Gasteiger partial charge in [0.25, 0.3) is 0 Å². The summed E-state index contributed by atoms with van der Waals surface area (Å²) in [7, 11) is 1.69. The zero-order valence-corrected chi connectivity index (χ0v) is 15.8. The van der Waals surface area contributed by atoms with Gasteiger partial charge in [0.1, 0.15) is 5.82 Å². The van der Waals surface area contributed by atoms with Crippen LogP contribution >= 0.6 is 0 Å². The number of aromatic nitrogens is 3. The molecule has 27 heavy (non-hydrogen) atoms.